The van der Waals surface area contributed by atoms with Crippen LogP contribution in [0.3, 0.4) is 0 Å². The lowest BCUT2D eigenvalue weighted by atomic mass is 10.1. The summed E-state index contributed by atoms with van der Waals surface area (Å²) in [5, 5.41) is 11.3. The fourth-order valence-corrected chi connectivity index (χ4v) is 1.40. The van der Waals surface area contributed by atoms with Crippen LogP contribution in [0.15, 0.2) is 0 Å². The van der Waals surface area contributed by atoms with E-state index in [0.717, 1.165) is 0 Å². The summed E-state index contributed by atoms with van der Waals surface area (Å²) in [5.74, 6) is 1.08. The minimum absolute atomic E-state index is 0.402. The molecule has 1 rings (SSSR count). The first-order valence-corrected chi connectivity index (χ1v) is 4.86. The van der Waals surface area contributed by atoms with Crippen LogP contribution in [-0.2, 0) is 0 Å². The van der Waals surface area contributed by atoms with Crippen molar-refractivity contribution in [1.29, 1.82) is 0 Å². The van der Waals surface area contributed by atoms with Crippen molar-refractivity contribution in [1.82, 2.24) is 5.32 Å². The minimum Gasteiger partial charge on any atom is -0.382 e. The van der Waals surface area contributed by atoms with Gasteiger partial charge in [-0.15, -0.1) is 0 Å². The SMILES string of the molecule is CC(CNCC(O)C(F)(F)F)C1CC1. The lowest BCUT2D eigenvalue weighted by Crippen LogP contribution is -2.39. The van der Waals surface area contributed by atoms with Crippen molar-refractivity contribution < 1.29 is 18.3 Å². The van der Waals surface area contributed by atoms with Gasteiger partial charge in [-0.25, -0.2) is 0 Å². The lowest BCUT2D eigenvalue weighted by molar-refractivity contribution is -0.201. The van der Waals surface area contributed by atoms with E-state index in [-0.39, 0.29) is 0 Å². The zero-order valence-corrected chi connectivity index (χ0v) is 8.14. The van der Waals surface area contributed by atoms with Gasteiger partial charge in [0.1, 0.15) is 0 Å². The Bertz CT molecular complexity index is 179. The van der Waals surface area contributed by atoms with Crippen LogP contribution in [0, 0.1) is 11.8 Å². The van der Waals surface area contributed by atoms with Gasteiger partial charge in [-0.3, -0.25) is 0 Å². The largest absolute Gasteiger partial charge is 0.415 e. The summed E-state index contributed by atoms with van der Waals surface area (Å²) in [6.07, 6.45) is -4.38. The van der Waals surface area contributed by atoms with E-state index in [4.69, 9.17) is 5.11 Å². The van der Waals surface area contributed by atoms with E-state index in [1.54, 1.807) is 0 Å². The van der Waals surface area contributed by atoms with E-state index < -0.39 is 18.8 Å². The predicted molar refractivity (Wildman–Crippen MR) is 46.8 cm³/mol. The van der Waals surface area contributed by atoms with Crippen LogP contribution >= 0.6 is 0 Å². The van der Waals surface area contributed by atoms with Crippen molar-refractivity contribution >= 4 is 0 Å². The summed E-state index contributed by atoms with van der Waals surface area (Å²) >= 11 is 0. The molecule has 0 aliphatic heterocycles. The molecule has 2 N–H and O–H groups in total. The molecule has 0 saturated heterocycles. The number of halogens is 3. The molecule has 5 heteroatoms. The second kappa shape index (κ2) is 4.49. The maximum Gasteiger partial charge on any atom is 0.415 e. The van der Waals surface area contributed by atoms with Crippen LogP contribution in [-0.4, -0.2) is 30.5 Å². The summed E-state index contributed by atoms with van der Waals surface area (Å²) in [6.45, 7) is 2.17. The third-order valence-electron chi connectivity index (χ3n) is 2.61. The lowest BCUT2D eigenvalue weighted by Gasteiger charge is -2.17. The molecule has 0 bridgehead atoms. The number of aliphatic hydroxyl groups is 1. The Balaban J connectivity index is 2.08. The van der Waals surface area contributed by atoms with Gasteiger partial charge in [0.25, 0.3) is 0 Å². The predicted octanol–water partition coefficient (Wildman–Crippen LogP) is 1.55. The van der Waals surface area contributed by atoms with Gasteiger partial charge in [0, 0.05) is 6.54 Å². The Labute approximate surface area is 81.5 Å². The summed E-state index contributed by atoms with van der Waals surface area (Å²) in [4.78, 5) is 0. The molecule has 0 radical (unpaired) electrons. The van der Waals surface area contributed by atoms with Gasteiger partial charge >= 0.3 is 6.18 Å². The van der Waals surface area contributed by atoms with E-state index in [1.165, 1.54) is 12.8 Å². The summed E-state index contributed by atoms with van der Waals surface area (Å²) in [7, 11) is 0. The first-order valence-electron chi connectivity index (χ1n) is 4.86. The monoisotopic (exact) mass is 211 g/mol. The van der Waals surface area contributed by atoms with Crippen LogP contribution in [0.5, 0.6) is 0 Å². The average molecular weight is 211 g/mol. The van der Waals surface area contributed by atoms with Gasteiger partial charge in [-0.05, 0) is 31.2 Å². The van der Waals surface area contributed by atoms with Crippen molar-refractivity contribution in [2.75, 3.05) is 13.1 Å². The number of aliphatic hydroxyl groups excluding tert-OH is 1. The normalized spacial score (nSPS) is 22.1. The number of nitrogens with one attached hydrogen (secondary N) is 1. The molecule has 1 aliphatic rings. The third kappa shape index (κ3) is 3.84. The van der Waals surface area contributed by atoms with Crippen LogP contribution < -0.4 is 5.32 Å². The van der Waals surface area contributed by atoms with Gasteiger partial charge in [-0.1, -0.05) is 6.92 Å². The highest BCUT2D eigenvalue weighted by Gasteiger charge is 2.37. The maximum atomic E-state index is 11.9. The molecule has 84 valence electrons. The van der Waals surface area contributed by atoms with E-state index >= 15 is 0 Å². The highest BCUT2D eigenvalue weighted by molar-refractivity contribution is 4.80. The number of rotatable bonds is 5. The standard InChI is InChI=1S/C9H16F3NO/c1-6(7-2-3-7)4-13-5-8(14)9(10,11)12/h6-8,13-14H,2-5H2,1H3. The molecule has 2 unspecified atom stereocenters. The average Bonchev–Trinajstić information content (AvgIpc) is 2.84. The zero-order chi connectivity index (χ0) is 10.8. The molecule has 0 aromatic carbocycles. The molecule has 1 saturated carbocycles. The first kappa shape index (κ1) is 11.8. The number of alkyl halides is 3. The fraction of sp³-hybridized carbons (Fsp3) is 1.00. The summed E-state index contributed by atoms with van der Waals surface area (Å²) in [6, 6.07) is 0. The molecule has 1 aliphatic carbocycles. The molecule has 0 amide bonds. The molecular weight excluding hydrogens is 195 g/mol. The van der Waals surface area contributed by atoms with Crippen molar-refractivity contribution in [3.8, 4) is 0 Å². The number of hydrogen-bond acceptors (Lipinski definition) is 2. The van der Waals surface area contributed by atoms with Crippen molar-refractivity contribution in [3.05, 3.63) is 0 Å². The Kier molecular flexibility index (Phi) is 3.78. The van der Waals surface area contributed by atoms with E-state index in [9.17, 15) is 13.2 Å². The summed E-state index contributed by atoms with van der Waals surface area (Å²) in [5.41, 5.74) is 0. The fourth-order valence-electron chi connectivity index (χ4n) is 1.40. The smallest absolute Gasteiger partial charge is 0.382 e. The van der Waals surface area contributed by atoms with Gasteiger partial charge in [0.15, 0.2) is 6.10 Å². The highest BCUT2D eigenvalue weighted by atomic mass is 19.4. The van der Waals surface area contributed by atoms with Crippen molar-refractivity contribution in [2.45, 2.75) is 32.0 Å². The molecule has 0 aromatic heterocycles. The zero-order valence-electron chi connectivity index (χ0n) is 8.14. The Morgan fingerprint density at radius 2 is 1.93 bits per heavy atom. The highest BCUT2D eigenvalue weighted by Crippen LogP contribution is 2.36. The van der Waals surface area contributed by atoms with Gasteiger partial charge in [-0.2, -0.15) is 13.2 Å². The van der Waals surface area contributed by atoms with E-state index in [1.807, 2.05) is 6.92 Å². The van der Waals surface area contributed by atoms with Crippen LogP contribution in [0.4, 0.5) is 13.2 Å². The molecule has 2 nitrogen and oxygen atoms in total. The minimum atomic E-state index is -4.50. The molecule has 0 heterocycles. The third-order valence-corrected chi connectivity index (χ3v) is 2.61. The second-order valence-electron chi connectivity index (χ2n) is 4.03. The quantitative estimate of drug-likeness (QED) is 0.723. The molecule has 2 atom stereocenters. The van der Waals surface area contributed by atoms with Gasteiger partial charge in [0.2, 0.25) is 0 Å². The van der Waals surface area contributed by atoms with E-state index in [2.05, 4.69) is 5.32 Å². The van der Waals surface area contributed by atoms with Crippen LogP contribution in [0.2, 0.25) is 0 Å². The maximum absolute atomic E-state index is 11.9. The molecule has 0 spiro atoms. The van der Waals surface area contributed by atoms with Crippen LogP contribution in [0.1, 0.15) is 19.8 Å². The van der Waals surface area contributed by atoms with Crippen LogP contribution in [0.25, 0.3) is 0 Å². The topological polar surface area (TPSA) is 32.3 Å². The molecular formula is C9H16F3NO. The Morgan fingerprint density at radius 3 is 2.36 bits per heavy atom. The summed E-state index contributed by atoms with van der Waals surface area (Å²) < 4.78 is 35.6. The first-order chi connectivity index (χ1) is 6.41. The van der Waals surface area contributed by atoms with Gasteiger partial charge < -0.3 is 10.4 Å². The molecule has 14 heavy (non-hydrogen) atoms. The number of hydrogen-bond donors (Lipinski definition) is 2. The van der Waals surface area contributed by atoms with Gasteiger partial charge in [0.05, 0.1) is 0 Å². The van der Waals surface area contributed by atoms with Crippen molar-refractivity contribution in [3.63, 3.8) is 0 Å². The second-order valence-corrected chi connectivity index (χ2v) is 4.03. The Morgan fingerprint density at radius 1 is 1.36 bits per heavy atom. The molecule has 0 aromatic rings. The van der Waals surface area contributed by atoms with Crippen molar-refractivity contribution in [2.24, 2.45) is 11.8 Å². The Hall–Kier alpha value is -0.290. The molecule has 1 fully saturated rings. The van der Waals surface area contributed by atoms with E-state index in [0.29, 0.717) is 18.4 Å².